The lowest BCUT2D eigenvalue weighted by Gasteiger charge is -2.26. The van der Waals surface area contributed by atoms with Gasteiger partial charge in [-0.15, -0.1) is 0 Å². The van der Waals surface area contributed by atoms with E-state index in [9.17, 15) is 8.78 Å². The number of aromatic nitrogens is 2. The summed E-state index contributed by atoms with van der Waals surface area (Å²) in [7, 11) is 0. The maximum Gasteiger partial charge on any atom is 0.282 e. The van der Waals surface area contributed by atoms with Gasteiger partial charge in [0.05, 0.1) is 5.69 Å². The molecule has 1 fully saturated rings. The first-order valence-corrected chi connectivity index (χ1v) is 5.69. The van der Waals surface area contributed by atoms with Crippen molar-refractivity contribution in [3.63, 3.8) is 0 Å². The molecular formula is C11H17F2N3. The van der Waals surface area contributed by atoms with E-state index >= 15 is 0 Å². The van der Waals surface area contributed by atoms with Crippen LogP contribution in [-0.4, -0.2) is 9.78 Å². The van der Waals surface area contributed by atoms with Gasteiger partial charge in [0.25, 0.3) is 6.43 Å². The van der Waals surface area contributed by atoms with Crippen LogP contribution in [0.4, 0.5) is 8.78 Å². The molecule has 3 nitrogen and oxygen atoms in total. The number of alkyl halides is 2. The lowest BCUT2D eigenvalue weighted by molar-refractivity contribution is 0.144. The van der Waals surface area contributed by atoms with Crippen molar-refractivity contribution in [1.29, 1.82) is 0 Å². The maximum absolute atomic E-state index is 12.5. The van der Waals surface area contributed by atoms with Gasteiger partial charge < -0.3 is 5.73 Å². The first-order valence-electron chi connectivity index (χ1n) is 5.69. The van der Waals surface area contributed by atoms with E-state index in [1.54, 1.807) is 11.6 Å². The quantitative estimate of drug-likeness (QED) is 0.862. The van der Waals surface area contributed by atoms with E-state index in [-0.39, 0.29) is 11.7 Å². The second-order valence-corrected chi connectivity index (χ2v) is 4.56. The Morgan fingerprint density at radius 1 is 1.56 bits per heavy atom. The highest BCUT2D eigenvalue weighted by molar-refractivity contribution is 5.14. The summed E-state index contributed by atoms with van der Waals surface area (Å²) < 4.78 is 26.7. The monoisotopic (exact) mass is 229 g/mol. The Hall–Kier alpha value is -0.970. The molecule has 16 heavy (non-hydrogen) atoms. The van der Waals surface area contributed by atoms with Gasteiger partial charge in [-0.3, -0.25) is 4.68 Å². The van der Waals surface area contributed by atoms with Crippen LogP contribution in [0.15, 0.2) is 6.07 Å². The highest BCUT2D eigenvalue weighted by Gasteiger charge is 2.22. The van der Waals surface area contributed by atoms with Crippen LogP contribution < -0.4 is 5.73 Å². The minimum Gasteiger partial charge on any atom is -0.323 e. The molecule has 0 bridgehead atoms. The van der Waals surface area contributed by atoms with Crippen LogP contribution in [0.5, 0.6) is 0 Å². The minimum atomic E-state index is -2.51. The number of hydrogen-bond donors (Lipinski definition) is 1. The van der Waals surface area contributed by atoms with Gasteiger partial charge in [0.15, 0.2) is 0 Å². The second-order valence-electron chi connectivity index (χ2n) is 4.56. The van der Waals surface area contributed by atoms with E-state index in [4.69, 9.17) is 5.73 Å². The van der Waals surface area contributed by atoms with Crippen LogP contribution in [0.1, 0.15) is 50.0 Å². The van der Waals surface area contributed by atoms with Crippen molar-refractivity contribution in [1.82, 2.24) is 9.78 Å². The molecule has 1 aromatic rings. The topological polar surface area (TPSA) is 43.8 Å². The largest absolute Gasteiger partial charge is 0.323 e. The smallest absolute Gasteiger partial charge is 0.282 e. The number of nitrogens with two attached hydrogens (primary N) is 1. The molecule has 5 heteroatoms. The molecule has 1 atom stereocenters. The fourth-order valence-corrected chi connectivity index (χ4v) is 1.99. The van der Waals surface area contributed by atoms with E-state index in [1.165, 1.54) is 25.3 Å². The molecule has 0 radical (unpaired) electrons. The molecule has 0 aromatic carbocycles. The number of nitrogens with zero attached hydrogens (tertiary/aromatic N) is 2. The minimum absolute atomic E-state index is 0.161. The van der Waals surface area contributed by atoms with Gasteiger partial charge in [0.2, 0.25) is 0 Å². The molecule has 1 aliphatic carbocycles. The predicted octanol–water partition coefficient (Wildman–Crippen LogP) is 2.64. The van der Waals surface area contributed by atoms with Crippen LogP contribution in [0.2, 0.25) is 0 Å². The normalized spacial score (nSPS) is 18.8. The first kappa shape index (κ1) is 11.5. The third-order valence-electron chi connectivity index (χ3n) is 3.18. The van der Waals surface area contributed by atoms with Crippen molar-refractivity contribution in [2.75, 3.05) is 0 Å². The van der Waals surface area contributed by atoms with Crippen LogP contribution >= 0.6 is 0 Å². The van der Waals surface area contributed by atoms with Crippen molar-refractivity contribution in [2.24, 2.45) is 11.7 Å². The van der Waals surface area contributed by atoms with Gasteiger partial charge in [-0.05, 0) is 31.7 Å². The zero-order chi connectivity index (χ0) is 11.7. The van der Waals surface area contributed by atoms with E-state index in [0.717, 1.165) is 6.54 Å². The van der Waals surface area contributed by atoms with Crippen molar-refractivity contribution in [3.05, 3.63) is 17.5 Å². The van der Waals surface area contributed by atoms with E-state index in [2.05, 4.69) is 5.10 Å². The summed E-state index contributed by atoms with van der Waals surface area (Å²) in [6.45, 7) is 2.52. The summed E-state index contributed by atoms with van der Waals surface area (Å²) in [5, 5.41) is 3.94. The van der Waals surface area contributed by atoms with Crippen molar-refractivity contribution in [2.45, 2.75) is 45.2 Å². The highest BCUT2D eigenvalue weighted by Crippen LogP contribution is 2.29. The van der Waals surface area contributed by atoms with Gasteiger partial charge >= 0.3 is 0 Å². The summed E-state index contributed by atoms with van der Waals surface area (Å²) in [6, 6.07) is 1.17. The van der Waals surface area contributed by atoms with Crippen molar-refractivity contribution >= 4 is 0 Å². The SMILES string of the molecule is CC(N)c1cc(C(F)F)nn1CC1CCC1. The van der Waals surface area contributed by atoms with Crippen LogP contribution in [0, 0.1) is 5.92 Å². The van der Waals surface area contributed by atoms with Gasteiger partial charge in [0, 0.05) is 12.6 Å². The van der Waals surface area contributed by atoms with Crippen molar-refractivity contribution in [3.8, 4) is 0 Å². The van der Waals surface area contributed by atoms with Crippen molar-refractivity contribution < 1.29 is 8.78 Å². The molecule has 1 saturated carbocycles. The molecule has 0 saturated heterocycles. The summed E-state index contributed by atoms with van der Waals surface area (Å²) in [5.41, 5.74) is 6.31. The van der Waals surface area contributed by atoms with Crippen LogP contribution in [0.3, 0.4) is 0 Å². The molecule has 1 aromatic heterocycles. The van der Waals surface area contributed by atoms with Gasteiger partial charge in [-0.2, -0.15) is 5.10 Å². The third kappa shape index (κ3) is 2.24. The fraction of sp³-hybridized carbons (Fsp3) is 0.727. The highest BCUT2D eigenvalue weighted by atomic mass is 19.3. The zero-order valence-electron chi connectivity index (χ0n) is 9.37. The summed E-state index contributed by atoms with van der Waals surface area (Å²) in [5.74, 6) is 0.586. The average Bonchev–Trinajstić information content (AvgIpc) is 2.55. The number of hydrogen-bond acceptors (Lipinski definition) is 2. The lowest BCUT2D eigenvalue weighted by Crippen LogP contribution is -2.22. The Labute approximate surface area is 93.6 Å². The van der Waals surface area contributed by atoms with Gasteiger partial charge in [-0.1, -0.05) is 6.42 Å². The fourth-order valence-electron chi connectivity index (χ4n) is 1.99. The molecule has 90 valence electrons. The molecule has 1 aliphatic rings. The van der Waals surface area contributed by atoms with Crippen LogP contribution in [-0.2, 0) is 6.54 Å². The second kappa shape index (κ2) is 4.49. The Morgan fingerprint density at radius 3 is 2.69 bits per heavy atom. The molecule has 0 spiro atoms. The zero-order valence-corrected chi connectivity index (χ0v) is 9.37. The molecule has 1 unspecified atom stereocenters. The average molecular weight is 229 g/mol. The number of rotatable bonds is 4. The summed E-state index contributed by atoms with van der Waals surface area (Å²) in [4.78, 5) is 0. The number of halogens is 2. The summed E-state index contributed by atoms with van der Waals surface area (Å²) in [6.07, 6.45) is 1.06. The Morgan fingerprint density at radius 2 is 2.25 bits per heavy atom. The Bertz CT molecular complexity index is 356. The third-order valence-corrected chi connectivity index (χ3v) is 3.18. The Balaban J connectivity index is 2.18. The van der Waals surface area contributed by atoms with E-state index in [0.29, 0.717) is 11.6 Å². The maximum atomic E-state index is 12.5. The molecule has 2 N–H and O–H groups in total. The van der Waals surface area contributed by atoms with E-state index < -0.39 is 6.43 Å². The molecule has 2 rings (SSSR count). The predicted molar refractivity (Wildman–Crippen MR) is 57.1 cm³/mol. The van der Waals surface area contributed by atoms with Gasteiger partial charge in [-0.25, -0.2) is 8.78 Å². The standard InChI is InChI=1S/C11H17F2N3/c1-7(14)10-5-9(11(12)13)15-16(10)6-8-3-2-4-8/h5,7-8,11H,2-4,6,14H2,1H3. The summed E-state index contributed by atoms with van der Waals surface area (Å²) >= 11 is 0. The molecule has 0 amide bonds. The first-order chi connectivity index (χ1) is 7.58. The lowest BCUT2D eigenvalue weighted by atomic mass is 9.85. The molecular weight excluding hydrogens is 212 g/mol. The molecule has 1 heterocycles. The van der Waals surface area contributed by atoms with Crippen LogP contribution in [0.25, 0.3) is 0 Å². The molecule has 0 aliphatic heterocycles. The van der Waals surface area contributed by atoms with Gasteiger partial charge in [0.1, 0.15) is 5.69 Å². The Kier molecular flexibility index (Phi) is 3.23. The van der Waals surface area contributed by atoms with E-state index in [1.807, 2.05) is 0 Å².